The van der Waals surface area contributed by atoms with Gasteiger partial charge in [0.05, 0.1) is 0 Å². The van der Waals surface area contributed by atoms with Gasteiger partial charge in [0, 0.05) is 34.1 Å². The molecule has 2 heterocycles. The van der Waals surface area contributed by atoms with Gasteiger partial charge in [0.15, 0.2) is 0 Å². The summed E-state index contributed by atoms with van der Waals surface area (Å²) in [6.07, 6.45) is 3.30. The molecule has 3 aromatic carbocycles. The van der Waals surface area contributed by atoms with Gasteiger partial charge in [0.1, 0.15) is 5.60 Å². The van der Waals surface area contributed by atoms with Crippen LogP contribution in [0.2, 0.25) is 0 Å². The lowest BCUT2D eigenvalue weighted by molar-refractivity contribution is -0.0359. The number of benzene rings is 3. The lowest BCUT2D eigenvalue weighted by atomic mass is 9.85. The van der Waals surface area contributed by atoms with E-state index >= 15 is 0 Å². The molecule has 2 amide bonds. The highest BCUT2D eigenvalue weighted by Gasteiger charge is 2.35. The van der Waals surface area contributed by atoms with Crippen LogP contribution in [0.4, 0.5) is 0 Å². The van der Waals surface area contributed by atoms with Crippen LogP contribution in [0.1, 0.15) is 52.0 Å². The highest BCUT2D eigenvalue weighted by atomic mass is 79.9. The summed E-state index contributed by atoms with van der Waals surface area (Å²) in [4.78, 5) is 29.8. The van der Waals surface area contributed by atoms with E-state index in [1.54, 1.807) is 0 Å². The molecular formula is C27H27BrN2O3. The maximum Gasteiger partial charge on any atom is 0.261 e. The van der Waals surface area contributed by atoms with Crippen LogP contribution in [0.5, 0.6) is 0 Å². The van der Waals surface area contributed by atoms with Gasteiger partial charge in [-0.15, -0.1) is 0 Å². The molecule has 0 bridgehead atoms. The number of halogens is 1. The van der Waals surface area contributed by atoms with Crippen LogP contribution >= 0.6 is 15.9 Å². The largest absolute Gasteiger partial charge is 0.384 e. The van der Waals surface area contributed by atoms with Gasteiger partial charge in [-0.05, 0) is 74.0 Å². The Kier molecular flexibility index (Phi) is 6.08. The number of hydrogen-bond donors (Lipinski definition) is 1. The van der Waals surface area contributed by atoms with Gasteiger partial charge in [0.25, 0.3) is 11.8 Å². The maximum absolute atomic E-state index is 13.0. The third-order valence-electron chi connectivity index (χ3n) is 6.89. The van der Waals surface area contributed by atoms with Gasteiger partial charge < -0.3 is 10.0 Å². The van der Waals surface area contributed by atoms with Crippen LogP contribution in [0.15, 0.2) is 65.1 Å². The van der Waals surface area contributed by atoms with Crippen molar-refractivity contribution < 1.29 is 14.7 Å². The van der Waals surface area contributed by atoms with Crippen molar-refractivity contribution in [2.75, 3.05) is 26.2 Å². The molecule has 2 aliphatic rings. The average molecular weight is 507 g/mol. The Balaban J connectivity index is 1.20. The SMILES string of the molecule is O=C1c2cccc3cccc(c23)C(=O)N1CCCCN1CCCC(O)(c2ccc(Br)cc2)C1. The maximum atomic E-state index is 13.0. The summed E-state index contributed by atoms with van der Waals surface area (Å²) in [6.45, 7) is 2.80. The Morgan fingerprint density at radius 2 is 1.52 bits per heavy atom. The standard InChI is InChI=1S/C27H27BrN2O3/c28-21-12-10-20(11-13-21)27(33)14-5-16-29(18-27)15-1-2-17-30-25(31)22-8-3-6-19-7-4-9-23(24(19)22)26(30)32/h3-4,6-13,33H,1-2,5,14-18H2. The third-order valence-corrected chi connectivity index (χ3v) is 7.42. The van der Waals surface area contributed by atoms with Crippen molar-refractivity contribution in [3.05, 3.63) is 81.8 Å². The summed E-state index contributed by atoms with van der Waals surface area (Å²) < 4.78 is 1.00. The Morgan fingerprint density at radius 3 is 2.18 bits per heavy atom. The molecule has 0 saturated carbocycles. The fraction of sp³-hybridized carbons (Fsp3) is 0.333. The van der Waals surface area contributed by atoms with E-state index in [4.69, 9.17) is 0 Å². The van der Waals surface area contributed by atoms with Crippen molar-refractivity contribution in [2.45, 2.75) is 31.3 Å². The molecule has 3 aromatic rings. The van der Waals surface area contributed by atoms with Crippen molar-refractivity contribution in [3.63, 3.8) is 0 Å². The predicted octanol–water partition coefficient (Wildman–Crippen LogP) is 4.96. The molecule has 2 aliphatic heterocycles. The first-order valence-electron chi connectivity index (χ1n) is 11.5. The molecule has 1 unspecified atom stereocenters. The number of amides is 2. The molecule has 1 saturated heterocycles. The predicted molar refractivity (Wildman–Crippen MR) is 132 cm³/mol. The lowest BCUT2D eigenvalue weighted by Crippen LogP contribution is -2.46. The van der Waals surface area contributed by atoms with E-state index in [9.17, 15) is 14.7 Å². The summed E-state index contributed by atoms with van der Waals surface area (Å²) in [5, 5.41) is 12.9. The van der Waals surface area contributed by atoms with Crippen LogP contribution in [0, 0.1) is 0 Å². The van der Waals surface area contributed by atoms with Crippen LogP contribution in [0.3, 0.4) is 0 Å². The van der Waals surface area contributed by atoms with Crippen molar-refractivity contribution in [1.82, 2.24) is 9.80 Å². The first-order chi connectivity index (χ1) is 16.0. The zero-order chi connectivity index (χ0) is 23.0. The number of piperidine rings is 1. The number of likely N-dealkylation sites (tertiary alicyclic amines) is 1. The van der Waals surface area contributed by atoms with Crippen molar-refractivity contribution >= 4 is 38.5 Å². The quantitative estimate of drug-likeness (QED) is 0.379. The highest BCUT2D eigenvalue weighted by molar-refractivity contribution is 9.10. The van der Waals surface area contributed by atoms with Crippen LogP contribution in [-0.2, 0) is 5.60 Å². The molecule has 1 fully saturated rings. The van der Waals surface area contributed by atoms with Gasteiger partial charge >= 0.3 is 0 Å². The van der Waals surface area contributed by atoms with E-state index in [1.165, 1.54) is 4.90 Å². The number of carbonyl (C=O) groups excluding carboxylic acids is 2. The van der Waals surface area contributed by atoms with Crippen molar-refractivity contribution in [2.24, 2.45) is 0 Å². The smallest absolute Gasteiger partial charge is 0.261 e. The molecular weight excluding hydrogens is 480 g/mol. The molecule has 33 heavy (non-hydrogen) atoms. The van der Waals surface area contributed by atoms with E-state index in [0.29, 0.717) is 24.2 Å². The molecule has 1 atom stereocenters. The highest BCUT2D eigenvalue weighted by Crippen LogP contribution is 2.33. The Bertz CT molecular complexity index is 1160. The van der Waals surface area contributed by atoms with Crippen LogP contribution in [0.25, 0.3) is 10.8 Å². The number of unbranched alkanes of at least 4 members (excludes halogenated alkanes) is 1. The first-order valence-corrected chi connectivity index (χ1v) is 12.3. The van der Waals surface area contributed by atoms with E-state index in [2.05, 4.69) is 20.8 Å². The first kappa shape index (κ1) is 22.3. The number of hydrogen-bond acceptors (Lipinski definition) is 4. The second kappa shape index (κ2) is 9.01. The monoisotopic (exact) mass is 506 g/mol. The molecule has 0 radical (unpaired) electrons. The molecule has 1 N–H and O–H groups in total. The number of β-amino-alcohol motifs (C(OH)–C–C–N with tert-alkyl or cyclic N) is 1. The van der Waals surface area contributed by atoms with Crippen LogP contribution < -0.4 is 0 Å². The minimum Gasteiger partial charge on any atom is -0.384 e. The Morgan fingerprint density at radius 1 is 0.879 bits per heavy atom. The third kappa shape index (κ3) is 4.23. The second-order valence-electron chi connectivity index (χ2n) is 9.10. The normalized spacial score (nSPS) is 21.1. The summed E-state index contributed by atoms with van der Waals surface area (Å²) in [5.74, 6) is -0.404. The van der Waals surface area contributed by atoms with Crippen molar-refractivity contribution in [1.29, 1.82) is 0 Å². The molecule has 6 heteroatoms. The summed E-state index contributed by atoms with van der Waals surface area (Å²) >= 11 is 3.46. The number of imide groups is 1. The average Bonchev–Trinajstić information content (AvgIpc) is 2.82. The Labute approximate surface area is 202 Å². The summed E-state index contributed by atoms with van der Waals surface area (Å²) in [5.41, 5.74) is 1.34. The summed E-state index contributed by atoms with van der Waals surface area (Å²) in [6, 6.07) is 19.1. The number of aliphatic hydroxyl groups is 1. The molecule has 5 nitrogen and oxygen atoms in total. The Hall–Kier alpha value is -2.54. The number of nitrogens with zero attached hydrogens (tertiary/aromatic N) is 2. The van der Waals surface area contributed by atoms with E-state index in [-0.39, 0.29) is 11.8 Å². The second-order valence-corrected chi connectivity index (χ2v) is 10.0. The zero-order valence-corrected chi connectivity index (χ0v) is 20.1. The number of rotatable bonds is 6. The minimum absolute atomic E-state index is 0.202. The van der Waals surface area contributed by atoms with Gasteiger partial charge in [-0.3, -0.25) is 14.5 Å². The fourth-order valence-corrected chi connectivity index (χ4v) is 5.46. The number of carbonyl (C=O) groups is 2. The zero-order valence-electron chi connectivity index (χ0n) is 18.5. The van der Waals surface area contributed by atoms with E-state index in [0.717, 1.165) is 59.6 Å². The fourth-order valence-electron chi connectivity index (χ4n) is 5.20. The van der Waals surface area contributed by atoms with Gasteiger partial charge in [-0.2, -0.15) is 0 Å². The van der Waals surface area contributed by atoms with Gasteiger partial charge in [-0.1, -0.05) is 52.3 Å². The van der Waals surface area contributed by atoms with E-state index < -0.39 is 5.60 Å². The molecule has 0 spiro atoms. The van der Waals surface area contributed by atoms with Crippen LogP contribution in [-0.4, -0.2) is 52.9 Å². The lowest BCUT2D eigenvalue weighted by Gasteiger charge is -2.39. The van der Waals surface area contributed by atoms with Gasteiger partial charge in [0.2, 0.25) is 0 Å². The summed E-state index contributed by atoms with van der Waals surface area (Å²) in [7, 11) is 0. The van der Waals surface area contributed by atoms with E-state index in [1.807, 2.05) is 60.7 Å². The molecule has 170 valence electrons. The van der Waals surface area contributed by atoms with Crippen molar-refractivity contribution in [3.8, 4) is 0 Å². The molecule has 5 rings (SSSR count). The minimum atomic E-state index is -0.833. The molecule has 0 aromatic heterocycles. The van der Waals surface area contributed by atoms with Gasteiger partial charge in [-0.25, -0.2) is 0 Å². The molecule has 0 aliphatic carbocycles. The topological polar surface area (TPSA) is 60.9 Å².